The maximum absolute atomic E-state index is 13.1. The number of Topliss-reactive ketones (excluding diaryl/α,β-unsaturated/α-hetero) is 2. The number of rotatable bonds is 9. The lowest BCUT2D eigenvalue weighted by atomic mass is 9.51. The predicted molar refractivity (Wildman–Crippen MR) is 104 cm³/mol. The number of hydrogen-bond donors (Lipinski definition) is 3. The van der Waals surface area contributed by atoms with Crippen molar-refractivity contribution in [1.82, 2.24) is 0 Å². The molecule has 7 unspecified atom stereocenters. The fourth-order valence-corrected chi connectivity index (χ4v) is 5.67. The van der Waals surface area contributed by atoms with Crippen LogP contribution in [0.4, 0.5) is 0 Å². The molecule has 0 spiro atoms. The first-order chi connectivity index (χ1) is 13.3. The minimum absolute atomic E-state index is 0.0882. The van der Waals surface area contributed by atoms with Crippen LogP contribution in [0.25, 0.3) is 0 Å². The lowest BCUT2D eigenvalue weighted by molar-refractivity contribution is -0.282. The Morgan fingerprint density at radius 2 is 2.04 bits per heavy atom. The summed E-state index contributed by atoms with van der Waals surface area (Å²) in [6, 6.07) is 0. The van der Waals surface area contributed by atoms with Crippen molar-refractivity contribution < 1.29 is 29.6 Å². The summed E-state index contributed by atoms with van der Waals surface area (Å²) in [6.45, 7) is 5.62. The molecule has 7 atom stereocenters. The van der Waals surface area contributed by atoms with E-state index >= 15 is 0 Å². The average molecular weight is 395 g/mol. The Morgan fingerprint density at radius 3 is 2.68 bits per heavy atom. The minimum Gasteiger partial charge on any atom is -0.504 e. The molecule has 1 saturated carbocycles. The summed E-state index contributed by atoms with van der Waals surface area (Å²) >= 11 is 0. The second-order valence-electron chi connectivity index (χ2n) is 8.92. The molecule has 0 bridgehead atoms. The van der Waals surface area contributed by atoms with Gasteiger partial charge in [-0.25, -0.2) is 0 Å². The van der Waals surface area contributed by atoms with Crippen LogP contribution < -0.4 is 0 Å². The van der Waals surface area contributed by atoms with Crippen molar-refractivity contribution in [2.75, 3.05) is 6.61 Å². The van der Waals surface area contributed by atoms with Gasteiger partial charge in [0, 0.05) is 17.9 Å². The zero-order chi connectivity index (χ0) is 20.6. The highest BCUT2D eigenvalue weighted by Crippen LogP contribution is 2.60. The van der Waals surface area contributed by atoms with Crippen molar-refractivity contribution in [2.24, 2.45) is 23.7 Å². The smallest absolute Gasteiger partial charge is 0.203 e. The monoisotopic (exact) mass is 394 g/mol. The van der Waals surface area contributed by atoms with Crippen LogP contribution in [0.15, 0.2) is 11.3 Å². The Kier molecular flexibility index (Phi) is 6.32. The molecule has 6 nitrogen and oxygen atoms in total. The molecule has 3 N–H and O–H groups in total. The van der Waals surface area contributed by atoms with E-state index in [1.165, 1.54) is 0 Å². The van der Waals surface area contributed by atoms with E-state index in [0.717, 1.165) is 32.1 Å². The van der Waals surface area contributed by atoms with Crippen LogP contribution in [0, 0.1) is 23.7 Å². The zero-order valence-electron chi connectivity index (χ0n) is 17.2. The summed E-state index contributed by atoms with van der Waals surface area (Å²) in [4.78, 5) is 26.1. The van der Waals surface area contributed by atoms with Crippen LogP contribution in [0.3, 0.4) is 0 Å². The molecule has 0 radical (unpaired) electrons. The second-order valence-corrected chi connectivity index (χ2v) is 8.92. The zero-order valence-corrected chi connectivity index (χ0v) is 17.2. The van der Waals surface area contributed by atoms with E-state index in [0.29, 0.717) is 12.0 Å². The number of ether oxygens (including phenoxy) is 1. The van der Waals surface area contributed by atoms with Crippen LogP contribution in [0.2, 0.25) is 0 Å². The molecule has 28 heavy (non-hydrogen) atoms. The van der Waals surface area contributed by atoms with Gasteiger partial charge in [0.05, 0.1) is 24.7 Å². The number of aliphatic hydroxyl groups is 3. The highest BCUT2D eigenvalue weighted by molar-refractivity contribution is 6.04. The minimum atomic E-state index is -1.37. The van der Waals surface area contributed by atoms with Gasteiger partial charge >= 0.3 is 0 Å². The van der Waals surface area contributed by atoms with Crippen LogP contribution in [0.1, 0.15) is 65.7 Å². The molecule has 3 rings (SSSR count). The van der Waals surface area contributed by atoms with Gasteiger partial charge in [-0.3, -0.25) is 9.59 Å². The first-order valence-electron chi connectivity index (χ1n) is 10.8. The molecule has 0 amide bonds. The van der Waals surface area contributed by atoms with E-state index in [2.05, 4.69) is 6.92 Å². The van der Waals surface area contributed by atoms with Crippen molar-refractivity contribution in [2.45, 2.75) is 83.5 Å². The van der Waals surface area contributed by atoms with Gasteiger partial charge in [-0.2, -0.15) is 0 Å². The molecule has 6 heteroatoms. The molecule has 0 aromatic carbocycles. The van der Waals surface area contributed by atoms with Gasteiger partial charge in [0.25, 0.3) is 0 Å². The molecule has 1 aliphatic heterocycles. The molecular formula is C22H34O6. The largest absolute Gasteiger partial charge is 0.504 e. The maximum Gasteiger partial charge on any atom is 0.203 e. The molecule has 2 aliphatic carbocycles. The number of carbonyl (C=O) groups is 2. The van der Waals surface area contributed by atoms with E-state index in [-0.39, 0.29) is 36.8 Å². The van der Waals surface area contributed by atoms with Gasteiger partial charge in [-0.1, -0.05) is 46.5 Å². The number of allylic oxidation sites excluding steroid dienone is 1. The van der Waals surface area contributed by atoms with E-state index < -0.39 is 35.1 Å². The van der Waals surface area contributed by atoms with E-state index in [4.69, 9.17) is 4.74 Å². The van der Waals surface area contributed by atoms with Crippen LogP contribution >= 0.6 is 0 Å². The first-order valence-corrected chi connectivity index (χ1v) is 10.8. The van der Waals surface area contributed by atoms with Crippen LogP contribution in [-0.4, -0.2) is 51.3 Å². The fourth-order valence-electron chi connectivity index (χ4n) is 5.67. The molecule has 3 aliphatic rings. The topological polar surface area (TPSA) is 104 Å². The molecule has 0 aromatic heterocycles. The SMILES string of the molecule is CCCCCCC(C)C1=C(O)C(=O)C2C(O)C(C)CC3OC1(C(=O)CCO)C32. The number of unbranched alkanes of at least 4 members (excludes halogenated alkanes) is 3. The Labute approximate surface area is 167 Å². The summed E-state index contributed by atoms with van der Waals surface area (Å²) < 4.78 is 6.17. The summed E-state index contributed by atoms with van der Waals surface area (Å²) in [6.07, 6.45) is 4.33. The average Bonchev–Trinajstić information content (AvgIpc) is 2.64. The van der Waals surface area contributed by atoms with Gasteiger partial charge < -0.3 is 20.1 Å². The van der Waals surface area contributed by atoms with Gasteiger partial charge in [-0.05, 0) is 24.7 Å². The summed E-state index contributed by atoms with van der Waals surface area (Å²) in [7, 11) is 0. The summed E-state index contributed by atoms with van der Waals surface area (Å²) in [5.74, 6) is -2.74. The Bertz CT molecular complexity index is 655. The standard InChI is InChI=1S/C22H34O6/c1-4-5-6-7-8-12(2)17-21(27)20(26)16-18-14(11-13(3)19(16)25)28-22(17,18)15(24)9-10-23/h12-14,16,18-19,23,25,27H,4-11H2,1-3H3. The van der Waals surface area contributed by atoms with E-state index in [9.17, 15) is 24.9 Å². The maximum atomic E-state index is 13.1. The third-order valence-corrected chi connectivity index (χ3v) is 7.08. The Balaban J connectivity index is 1.99. The number of carbonyl (C=O) groups excluding carboxylic acids is 2. The molecular weight excluding hydrogens is 360 g/mol. The lowest BCUT2D eigenvalue weighted by Gasteiger charge is -2.63. The normalized spacial score (nSPS) is 38.0. The highest BCUT2D eigenvalue weighted by Gasteiger charge is 2.72. The Hall–Kier alpha value is -1.24. The quantitative estimate of drug-likeness (QED) is 0.520. The first kappa shape index (κ1) is 21.5. The van der Waals surface area contributed by atoms with Crippen molar-refractivity contribution in [1.29, 1.82) is 0 Å². The van der Waals surface area contributed by atoms with Gasteiger partial charge in [0.2, 0.25) is 5.78 Å². The number of ketones is 2. The number of aliphatic hydroxyl groups excluding tert-OH is 3. The third-order valence-electron chi connectivity index (χ3n) is 7.08. The van der Waals surface area contributed by atoms with E-state index in [1.807, 2.05) is 13.8 Å². The fraction of sp³-hybridized carbons (Fsp3) is 0.818. The van der Waals surface area contributed by atoms with Gasteiger partial charge in [0.15, 0.2) is 17.1 Å². The molecule has 2 fully saturated rings. The Morgan fingerprint density at radius 1 is 1.32 bits per heavy atom. The molecule has 1 heterocycles. The summed E-state index contributed by atoms with van der Waals surface area (Å²) in [5, 5.41) is 30.9. The number of hydrogen-bond acceptors (Lipinski definition) is 6. The van der Waals surface area contributed by atoms with Gasteiger partial charge in [0.1, 0.15) is 0 Å². The second kappa shape index (κ2) is 8.25. The van der Waals surface area contributed by atoms with Crippen LogP contribution in [0.5, 0.6) is 0 Å². The van der Waals surface area contributed by atoms with E-state index in [1.54, 1.807) is 0 Å². The van der Waals surface area contributed by atoms with Crippen LogP contribution in [-0.2, 0) is 14.3 Å². The summed E-state index contributed by atoms with van der Waals surface area (Å²) in [5.41, 5.74) is -0.992. The third kappa shape index (κ3) is 3.14. The van der Waals surface area contributed by atoms with Crippen molar-refractivity contribution in [3.05, 3.63) is 11.3 Å². The van der Waals surface area contributed by atoms with Gasteiger partial charge in [-0.15, -0.1) is 0 Å². The molecule has 1 saturated heterocycles. The van der Waals surface area contributed by atoms with Crippen molar-refractivity contribution >= 4 is 11.6 Å². The highest BCUT2D eigenvalue weighted by atomic mass is 16.5. The molecule has 0 aromatic rings. The predicted octanol–water partition coefficient (Wildman–Crippen LogP) is 2.71. The lowest BCUT2D eigenvalue weighted by Crippen LogP contribution is -2.75. The van der Waals surface area contributed by atoms with Crippen molar-refractivity contribution in [3.63, 3.8) is 0 Å². The van der Waals surface area contributed by atoms with Crippen molar-refractivity contribution in [3.8, 4) is 0 Å². The molecule has 158 valence electrons.